The molecule has 0 atom stereocenters. The van der Waals surface area contributed by atoms with Gasteiger partial charge in [0, 0.05) is 23.3 Å². The molecule has 0 aromatic rings. The van der Waals surface area contributed by atoms with Crippen LogP contribution in [-0.4, -0.2) is 29.5 Å². The van der Waals surface area contributed by atoms with Gasteiger partial charge in [-0.3, -0.25) is 4.79 Å². The van der Waals surface area contributed by atoms with E-state index in [1.807, 2.05) is 11.8 Å². The molecule has 3 nitrogen and oxygen atoms in total. The van der Waals surface area contributed by atoms with E-state index in [9.17, 15) is 4.79 Å². The summed E-state index contributed by atoms with van der Waals surface area (Å²) in [6.07, 6.45) is 8.23. The molecular formula is C14H28N2OS. The normalized spacial score (nSPS) is 24.9. The Kier molecular flexibility index (Phi) is 6.50. The standard InChI is InChI=1S/C14H28N2OS/c1-4-14(5-2,18-3)10-16-13(17)11-6-8-12(15)9-7-11/h11-12H,4-10,15H2,1-3H3,(H,16,17). The van der Waals surface area contributed by atoms with Crippen molar-refractivity contribution in [3.05, 3.63) is 0 Å². The molecule has 0 heterocycles. The van der Waals surface area contributed by atoms with Crippen LogP contribution in [0.4, 0.5) is 0 Å². The zero-order valence-electron chi connectivity index (χ0n) is 12.0. The van der Waals surface area contributed by atoms with E-state index < -0.39 is 0 Å². The quantitative estimate of drug-likeness (QED) is 0.781. The molecule has 1 saturated carbocycles. The highest BCUT2D eigenvalue weighted by molar-refractivity contribution is 8.00. The van der Waals surface area contributed by atoms with E-state index >= 15 is 0 Å². The Morgan fingerprint density at radius 2 is 1.83 bits per heavy atom. The summed E-state index contributed by atoms with van der Waals surface area (Å²) in [5.41, 5.74) is 5.87. The molecule has 0 aromatic carbocycles. The van der Waals surface area contributed by atoms with Crippen LogP contribution in [0.1, 0.15) is 52.4 Å². The maximum Gasteiger partial charge on any atom is 0.223 e. The second-order valence-corrected chi connectivity index (χ2v) is 6.70. The van der Waals surface area contributed by atoms with Gasteiger partial charge in [-0.05, 0) is 44.8 Å². The molecule has 0 radical (unpaired) electrons. The molecule has 1 rings (SSSR count). The van der Waals surface area contributed by atoms with Crippen LogP contribution in [-0.2, 0) is 4.79 Å². The lowest BCUT2D eigenvalue weighted by Gasteiger charge is -2.31. The fourth-order valence-electron chi connectivity index (χ4n) is 2.63. The van der Waals surface area contributed by atoms with Gasteiger partial charge < -0.3 is 11.1 Å². The third-order valence-electron chi connectivity index (χ3n) is 4.45. The predicted octanol–water partition coefficient (Wildman–Crippen LogP) is 2.54. The van der Waals surface area contributed by atoms with Gasteiger partial charge >= 0.3 is 0 Å². The maximum atomic E-state index is 12.1. The lowest BCUT2D eigenvalue weighted by Crippen LogP contribution is -2.43. The molecule has 1 fully saturated rings. The summed E-state index contributed by atoms with van der Waals surface area (Å²) < 4.78 is 0.209. The van der Waals surface area contributed by atoms with Crippen LogP contribution < -0.4 is 11.1 Å². The monoisotopic (exact) mass is 272 g/mol. The van der Waals surface area contributed by atoms with Crippen molar-refractivity contribution < 1.29 is 4.79 Å². The molecule has 18 heavy (non-hydrogen) atoms. The maximum absolute atomic E-state index is 12.1. The fourth-order valence-corrected chi connectivity index (χ4v) is 3.43. The first-order valence-electron chi connectivity index (χ1n) is 7.15. The van der Waals surface area contributed by atoms with Crippen molar-refractivity contribution in [3.8, 4) is 0 Å². The Morgan fingerprint density at radius 1 is 1.28 bits per heavy atom. The summed E-state index contributed by atoms with van der Waals surface area (Å²) in [6, 6.07) is 0.311. The predicted molar refractivity (Wildman–Crippen MR) is 79.8 cm³/mol. The second kappa shape index (κ2) is 7.39. The highest BCUT2D eigenvalue weighted by atomic mass is 32.2. The van der Waals surface area contributed by atoms with Gasteiger partial charge in [-0.2, -0.15) is 11.8 Å². The summed E-state index contributed by atoms with van der Waals surface area (Å²) in [5, 5.41) is 3.16. The van der Waals surface area contributed by atoms with Gasteiger partial charge in [0.05, 0.1) is 0 Å². The number of carbonyl (C=O) groups excluding carboxylic acids is 1. The van der Waals surface area contributed by atoms with Crippen LogP contribution in [0, 0.1) is 5.92 Å². The number of nitrogens with one attached hydrogen (secondary N) is 1. The van der Waals surface area contributed by atoms with Crippen molar-refractivity contribution in [2.75, 3.05) is 12.8 Å². The second-order valence-electron chi connectivity index (χ2n) is 5.42. The van der Waals surface area contributed by atoms with E-state index in [2.05, 4.69) is 25.4 Å². The van der Waals surface area contributed by atoms with Crippen LogP contribution in [0.2, 0.25) is 0 Å². The summed E-state index contributed by atoms with van der Waals surface area (Å²) in [4.78, 5) is 12.1. The third-order valence-corrected chi connectivity index (χ3v) is 6.04. The molecule has 0 aromatic heterocycles. The largest absolute Gasteiger partial charge is 0.354 e. The van der Waals surface area contributed by atoms with Crippen LogP contribution in [0.3, 0.4) is 0 Å². The van der Waals surface area contributed by atoms with E-state index in [0.29, 0.717) is 6.04 Å². The highest BCUT2D eigenvalue weighted by Crippen LogP contribution is 2.30. The lowest BCUT2D eigenvalue weighted by atomic mass is 9.86. The average Bonchev–Trinajstić information content (AvgIpc) is 2.41. The summed E-state index contributed by atoms with van der Waals surface area (Å²) in [6.45, 7) is 5.19. The van der Waals surface area contributed by atoms with Crippen LogP contribution in [0.25, 0.3) is 0 Å². The molecule has 0 bridgehead atoms. The Morgan fingerprint density at radius 3 is 2.28 bits per heavy atom. The molecule has 106 valence electrons. The van der Waals surface area contributed by atoms with Crippen molar-refractivity contribution in [3.63, 3.8) is 0 Å². The highest BCUT2D eigenvalue weighted by Gasteiger charge is 2.28. The van der Waals surface area contributed by atoms with Crippen molar-refractivity contribution in [2.45, 2.75) is 63.2 Å². The number of hydrogen-bond donors (Lipinski definition) is 2. The van der Waals surface area contributed by atoms with Crippen LogP contribution in [0.5, 0.6) is 0 Å². The van der Waals surface area contributed by atoms with E-state index in [0.717, 1.165) is 45.1 Å². The number of thioether (sulfide) groups is 1. The molecule has 0 spiro atoms. The average molecular weight is 272 g/mol. The zero-order chi connectivity index (χ0) is 13.6. The number of hydrogen-bond acceptors (Lipinski definition) is 3. The summed E-state index contributed by atoms with van der Waals surface area (Å²) >= 11 is 1.87. The molecule has 1 amide bonds. The number of carbonyl (C=O) groups is 1. The molecule has 1 aliphatic rings. The summed E-state index contributed by atoms with van der Waals surface area (Å²) in [5.74, 6) is 0.431. The SMILES string of the molecule is CCC(CC)(CNC(=O)C1CCC(N)CC1)SC. The fraction of sp³-hybridized carbons (Fsp3) is 0.929. The third kappa shape index (κ3) is 4.16. The van der Waals surface area contributed by atoms with E-state index in [4.69, 9.17) is 5.73 Å². The molecule has 0 unspecified atom stereocenters. The Balaban J connectivity index is 2.40. The molecule has 0 saturated heterocycles. The molecular weight excluding hydrogens is 244 g/mol. The van der Waals surface area contributed by atoms with Crippen molar-refractivity contribution >= 4 is 17.7 Å². The number of amides is 1. The molecule has 3 N–H and O–H groups in total. The van der Waals surface area contributed by atoms with Gasteiger partial charge in [0.15, 0.2) is 0 Å². The zero-order valence-corrected chi connectivity index (χ0v) is 12.8. The van der Waals surface area contributed by atoms with Crippen LogP contribution >= 0.6 is 11.8 Å². The summed E-state index contributed by atoms with van der Waals surface area (Å²) in [7, 11) is 0. The van der Waals surface area contributed by atoms with Gasteiger partial charge in [-0.1, -0.05) is 13.8 Å². The van der Waals surface area contributed by atoms with Gasteiger partial charge in [0.2, 0.25) is 5.91 Å². The van der Waals surface area contributed by atoms with Crippen LogP contribution in [0.15, 0.2) is 0 Å². The molecule has 1 aliphatic carbocycles. The van der Waals surface area contributed by atoms with Crippen molar-refractivity contribution in [1.29, 1.82) is 0 Å². The Bertz CT molecular complexity index is 250. The van der Waals surface area contributed by atoms with E-state index in [-0.39, 0.29) is 16.6 Å². The van der Waals surface area contributed by atoms with Gasteiger partial charge in [0.25, 0.3) is 0 Å². The first kappa shape index (κ1) is 15.8. The lowest BCUT2D eigenvalue weighted by molar-refractivity contribution is -0.126. The minimum Gasteiger partial charge on any atom is -0.354 e. The Hall–Kier alpha value is -0.220. The van der Waals surface area contributed by atoms with Crippen molar-refractivity contribution in [1.82, 2.24) is 5.32 Å². The van der Waals surface area contributed by atoms with Gasteiger partial charge in [-0.15, -0.1) is 0 Å². The van der Waals surface area contributed by atoms with Gasteiger partial charge in [-0.25, -0.2) is 0 Å². The molecule has 4 heteroatoms. The molecule has 0 aliphatic heterocycles. The van der Waals surface area contributed by atoms with Gasteiger partial charge in [0.1, 0.15) is 0 Å². The first-order chi connectivity index (χ1) is 8.56. The number of nitrogens with two attached hydrogens (primary N) is 1. The first-order valence-corrected chi connectivity index (χ1v) is 8.37. The smallest absolute Gasteiger partial charge is 0.223 e. The number of rotatable bonds is 6. The van der Waals surface area contributed by atoms with E-state index in [1.165, 1.54) is 0 Å². The minimum absolute atomic E-state index is 0.193. The topological polar surface area (TPSA) is 55.1 Å². The van der Waals surface area contributed by atoms with E-state index in [1.54, 1.807) is 0 Å². The Labute approximate surface area is 116 Å². The van der Waals surface area contributed by atoms with Crippen molar-refractivity contribution in [2.24, 2.45) is 11.7 Å². The minimum atomic E-state index is 0.193.